The number of nitrogens with zero attached hydrogens (tertiary/aromatic N) is 3. The van der Waals surface area contributed by atoms with Crippen LogP contribution in [-0.2, 0) is 22.5 Å². The van der Waals surface area contributed by atoms with Crippen molar-refractivity contribution in [1.29, 1.82) is 0 Å². The molecule has 1 aromatic heterocycles. The van der Waals surface area contributed by atoms with Crippen LogP contribution >= 0.6 is 0 Å². The maximum Gasteiger partial charge on any atom is 0.321 e. The Balaban J connectivity index is 1.29. The molecule has 1 unspecified atom stereocenters. The first-order chi connectivity index (χ1) is 15.1. The molecule has 0 bridgehead atoms. The fourth-order valence-electron chi connectivity index (χ4n) is 4.49. The lowest BCUT2D eigenvalue weighted by molar-refractivity contribution is -0.122. The molecule has 2 amide bonds. The van der Waals surface area contributed by atoms with Crippen LogP contribution in [0, 0.1) is 5.92 Å². The number of carbonyl (C=O) groups excluding carboxylic acids is 1. The van der Waals surface area contributed by atoms with Gasteiger partial charge in [0, 0.05) is 45.0 Å². The topological polar surface area (TPSA) is 99.0 Å². The number of ether oxygens (including phenoxy) is 3. The maximum absolute atomic E-state index is 12.7. The average molecular weight is 431 g/mol. The predicted octanol–water partition coefficient (Wildman–Crippen LogP) is 3.26. The Kier molecular flexibility index (Phi) is 6.72. The smallest absolute Gasteiger partial charge is 0.321 e. The number of benzene rings is 1. The summed E-state index contributed by atoms with van der Waals surface area (Å²) in [5.74, 6) is 2.39. The number of hydrogen-bond acceptors (Lipinski definition) is 7. The minimum atomic E-state index is -0.172. The molecule has 2 aromatic rings. The summed E-state index contributed by atoms with van der Waals surface area (Å²) in [6, 6.07) is 7.29. The number of rotatable bonds is 6. The minimum Gasteiger partial charge on any atom is -0.497 e. The van der Waals surface area contributed by atoms with Gasteiger partial charge in [-0.2, -0.15) is 4.98 Å². The molecule has 9 heteroatoms. The molecular formula is C22H30N4O5. The number of aromatic nitrogens is 2. The Labute approximate surface area is 182 Å². The number of nitrogens with one attached hydrogen (secondary N) is 1. The lowest BCUT2D eigenvalue weighted by Crippen LogP contribution is -2.51. The number of carbonyl (C=O) groups is 1. The number of methoxy groups -OCH3 is 2. The van der Waals surface area contributed by atoms with Gasteiger partial charge in [0.05, 0.1) is 12.7 Å². The van der Waals surface area contributed by atoms with E-state index in [1.807, 2.05) is 29.2 Å². The van der Waals surface area contributed by atoms with Crippen molar-refractivity contribution in [2.45, 2.75) is 44.3 Å². The van der Waals surface area contributed by atoms with Gasteiger partial charge in [0.25, 0.3) is 5.89 Å². The van der Waals surface area contributed by atoms with Crippen LogP contribution in [-0.4, -0.2) is 60.6 Å². The maximum atomic E-state index is 12.7. The van der Waals surface area contributed by atoms with Crippen LogP contribution in [0.1, 0.15) is 37.4 Å². The first-order valence-corrected chi connectivity index (χ1v) is 10.7. The molecule has 9 nitrogen and oxygen atoms in total. The highest BCUT2D eigenvalue weighted by atomic mass is 16.5. The summed E-state index contributed by atoms with van der Waals surface area (Å²) in [6.07, 6.45) is 4.37. The Hall–Kier alpha value is -2.65. The van der Waals surface area contributed by atoms with E-state index < -0.39 is 0 Å². The molecule has 0 radical (unpaired) electrons. The van der Waals surface area contributed by atoms with E-state index in [9.17, 15) is 4.79 Å². The van der Waals surface area contributed by atoms with Crippen LogP contribution in [0.5, 0.6) is 5.75 Å². The number of amides is 2. The second-order valence-electron chi connectivity index (χ2n) is 8.28. The molecule has 1 N–H and O–H groups in total. The van der Waals surface area contributed by atoms with Gasteiger partial charge in [-0.15, -0.1) is 0 Å². The van der Waals surface area contributed by atoms with E-state index in [0.717, 1.165) is 50.2 Å². The number of likely N-dealkylation sites (tertiary alicyclic amines) is 1. The van der Waals surface area contributed by atoms with E-state index in [4.69, 9.17) is 18.7 Å². The molecule has 2 fully saturated rings. The monoisotopic (exact) mass is 430 g/mol. The molecule has 0 aliphatic carbocycles. The highest BCUT2D eigenvalue weighted by molar-refractivity contribution is 5.89. The zero-order valence-corrected chi connectivity index (χ0v) is 18.1. The van der Waals surface area contributed by atoms with Gasteiger partial charge in [-0.05, 0) is 43.7 Å². The van der Waals surface area contributed by atoms with E-state index in [2.05, 4.69) is 15.5 Å². The van der Waals surface area contributed by atoms with E-state index >= 15 is 0 Å². The summed E-state index contributed by atoms with van der Waals surface area (Å²) in [6.45, 7) is 2.40. The van der Waals surface area contributed by atoms with Crippen LogP contribution in [0.15, 0.2) is 28.8 Å². The minimum absolute atomic E-state index is 0.0899. The van der Waals surface area contributed by atoms with Crippen LogP contribution in [0.4, 0.5) is 10.5 Å². The standard InChI is InChI=1S/C22H30N4O5/c1-28-15-20-24-19(25-31-20)12-16-6-11-30-22(14-16)7-9-26(10-8-22)21(27)23-17-4-3-5-18(13-17)29-2/h3-5,13,16H,6-12,14-15H2,1-2H3,(H,23,27). The molecule has 31 heavy (non-hydrogen) atoms. The molecule has 1 aromatic carbocycles. The number of hydrogen-bond donors (Lipinski definition) is 1. The van der Waals surface area contributed by atoms with Crippen molar-refractivity contribution in [3.05, 3.63) is 36.0 Å². The molecule has 2 aliphatic rings. The first-order valence-electron chi connectivity index (χ1n) is 10.7. The van der Waals surface area contributed by atoms with Crippen molar-refractivity contribution in [2.24, 2.45) is 5.92 Å². The zero-order chi connectivity index (χ0) is 21.7. The Morgan fingerprint density at radius 1 is 1.32 bits per heavy atom. The van der Waals surface area contributed by atoms with Gasteiger partial charge in [0.15, 0.2) is 5.82 Å². The average Bonchev–Trinajstić information content (AvgIpc) is 3.21. The number of piperidine rings is 1. The number of urea groups is 1. The van der Waals surface area contributed by atoms with Crippen molar-refractivity contribution in [1.82, 2.24) is 15.0 Å². The Morgan fingerprint density at radius 3 is 2.94 bits per heavy atom. The van der Waals surface area contributed by atoms with Crippen LogP contribution in [0.2, 0.25) is 0 Å². The lowest BCUT2D eigenvalue weighted by Gasteiger charge is -2.46. The van der Waals surface area contributed by atoms with Crippen molar-refractivity contribution in [2.75, 3.05) is 39.2 Å². The summed E-state index contributed by atoms with van der Waals surface area (Å²) in [7, 11) is 3.22. The van der Waals surface area contributed by atoms with Crippen molar-refractivity contribution in [3.8, 4) is 5.75 Å². The third-order valence-electron chi connectivity index (χ3n) is 6.13. The van der Waals surface area contributed by atoms with Crippen molar-refractivity contribution < 1.29 is 23.5 Å². The summed E-state index contributed by atoms with van der Waals surface area (Å²) in [5.41, 5.74) is 0.556. The fourth-order valence-corrected chi connectivity index (χ4v) is 4.49. The largest absolute Gasteiger partial charge is 0.497 e. The zero-order valence-electron chi connectivity index (χ0n) is 18.1. The van der Waals surface area contributed by atoms with Crippen molar-refractivity contribution in [3.63, 3.8) is 0 Å². The van der Waals surface area contributed by atoms with Gasteiger partial charge in [-0.25, -0.2) is 4.79 Å². The molecule has 4 rings (SSSR count). The summed E-state index contributed by atoms with van der Waals surface area (Å²) < 4.78 is 21.7. The van der Waals surface area contributed by atoms with Gasteiger partial charge >= 0.3 is 6.03 Å². The normalized spacial score (nSPS) is 20.6. The molecule has 1 atom stereocenters. The van der Waals surface area contributed by atoms with Crippen LogP contribution in [0.25, 0.3) is 0 Å². The van der Waals surface area contributed by atoms with E-state index in [1.54, 1.807) is 14.2 Å². The SMILES string of the molecule is COCc1nc(CC2CCOC3(CCN(C(=O)Nc4cccc(OC)c4)CC3)C2)no1. The van der Waals surface area contributed by atoms with Gasteiger partial charge in [0.1, 0.15) is 12.4 Å². The quantitative estimate of drug-likeness (QED) is 0.751. The lowest BCUT2D eigenvalue weighted by atomic mass is 9.78. The molecular weight excluding hydrogens is 400 g/mol. The van der Waals surface area contributed by atoms with Gasteiger partial charge < -0.3 is 29.0 Å². The van der Waals surface area contributed by atoms with Crippen LogP contribution < -0.4 is 10.1 Å². The van der Waals surface area contributed by atoms with E-state index in [-0.39, 0.29) is 11.6 Å². The highest BCUT2D eigenvalue weighted by Gasteiger charge is 2.41. The molecule has 168 valence electrons. The highest BCUT2D eigenvalue weighted by Crippen LogP contribution is 2.38. The third-order valence-corrected chi connectivity index (χ3v) is 6.13. The Bertz CT molecular complexity index is 878. The second-order valence-corrected chi connectivity index (χ2v) is 8.28. The van der Waals surface area contributed by atoms with Crippen LogP contribution in [0.3, 0.4) is 0 Å². The third kappa shape index (κ3) is 5.34. The molecule has 2 aliphatic heterocycles. The van der Waals surface area contributed by atoms with Gasteiger partial charge in [-0.3, -0.25) is 0 Å². The second kappa shape index (κ2) is 9.65. The van der Waals surface area contributed by atoms with Gasteiger partial charge in [-0.1, -0.05) is 11.2 Å². The summed E-state index contributed by atoms with van der Waals surface area (Å²) in [4.78, 5) is 19.0. The summed E-state index contributed by atoms with van der Waals surface area (Å²) >= 11 is 0. The molecule has 0 saturated carbocycles. The molecule has 2 saturated heterocycles. The van der Waals surface area contributed by atoms with E-state index in [0.29, 0.717) is 37.3 Å². The fraction of sp³-hybridized carbons (Fsp3) is 0.591. The number of anilines is 1. The van der Waals surface area contributed by atoms with Crippen molar-refractivity contribution >= 4 is 11.7 Å². The predicted molar refractivity (Wildman–Crippen MR) is 113 cm³/mol. The first kappa shape index (κ1) is 21.6. The molecule has 3 heterocycles. The Morgan fingerprint density at radius 2 is 2.16 bits per heavy atom. The van der Waals surface area contributed by atoms with E-state index in [1.165, 1.54) is 0 Å². The summed E-state index contributed by atoms with van der Waals surface area (Å²) in [5, 5.41) is 7.03. The molecule has 1 spiro atoms. The van der Waals surface area contributed by atoms with Gasteiger partial charge in [0.2, 0.25) is 0 Å².